The van der Waals surface area contributed by atoms with Crippen molar-refractivity contribution in [2.24, 2.45) is 29.6 Å². The molecule has 320 valence electrons. The molecule has 0 aromatic heterocycles. The Labute approximate surface area is 335 Å². The fraction of sp³-hybridized carbons (Fsp3) is 0.841. The number of aliphatic hydroxyl groups excluding tert-OH is 2. The summed E-state index contributed by atoms with van der Waals surface area (Å²) in [6.07, 6.45) is 6.21. The molecular formula is C44H73NO11. The Hall–Kier alpha value is -2.19. The topological polar surface area (TPSA) is 161 Å². The van der Waals surface area contributed by atoms with Crippen LogP contribution in [0.1, 0.15) is 125 Å². The van der Waals surface area contributed by atoms with E-state index in [1.54, 1.807) is 28.3 Å². The summed E-state index contributed by atoms with van der Waals surface area (Å²) in [5.74, 6) is -4.17. The maximum atomic E-state index is 14.3. The van der Waals surface area contributed by atoms with E-state index in [0.29, 0.717) is 64.3 Å². The highest BCUT2D eigenvalue weighted by Gasteiger charge is 2.51. The molecule has 2 unspecified atom stereocenters. The Kier molecular flexibility index (Phi) is 17.6. The van der Waals surface area contributed by atoms with Crippen molar-refractivity contribution in [3.63, 3.8) is 0 Å². The van der Waals surface area contributed by atoms with Crippen LogP contribution >= 0.6 is 0 Å². The van der Waals surface area contributed by atoms with Gasteiger partial charge in [-0.2, -0.15) is 0 Å². The third-order valence-electron chi connectivity index (χ3n) is 13.1. The SMILES string of the molecule is CCC[C@@H]1/C=C(\C)C[C@H](C)C[C@H](OC)[C@H]2O[C@@](O)(CC(=O)N3CCCCC3C(=O)O[C@H](/C(C)=C/[C@@H]3CCC(O)[C@H](OC)C3)[C@H](C)[C@@H](O)CC1=O)[C@H](C)C[C@@H]2OC. The number of hydrogen-bond acceptors (Lipinski definition) is 11. The van der Waals surface area contributed by atoms with Crippen LogP contribution in [0.3, 0.4) is 0 Å². The van der Waals surface area contributed by atoms with Crippen molar-refractivity contribution >= 4 is 17.7 Å². The zero-order valence-electron chi connectivity index (χ0n) is 35.6. The molecule has 4 aliphatic rings. The van der Waals surface area contributed by atoms with Crippen LogP contribution in [0.2, 0.25) is 0 Å². The number of carbonyl (C=O) groups is 3. The van der Waals surface area contributed by atoms with Gasteiger partial charge in [0.05, 0.1) is 36.9 Å². The first-order valence-electron chi connectivity index (χ1n) is 21.3. The van der Waals surface area contributed by atoms with E-state index in [4.69, 9.17) is 23.7 Å². The number of fused-ring (bicyclic) bond motifs is 3. The molecule has 1 amide bonds. The second-order valence-electron chi connectivity index (χ2n) is 17.6. The van der Waals surface area contributed by atoms with Gasteiger partial charge in [0.1, 0.15) is 24.0 Å². The van der Waals surface area contributed by atoms with Crippen molar-refractivity contribution in [2.45, 2.75) is 180 Å². The largest absolute Gasteiger partial charge is 0.456 e. The summed E-state index contributed by atoms with van der Waals surface area (Å²) >= 11 is 0. The molecule has 12 heteroatoms. The monoisotopic (exact) mass is 792 g/mol. The lowest BCUT2D eigenvalue weighted by Crippen LogP contribution is -2.59. The molecule has 56 heavy (non-hydrogen) atoms. The van der Waals surface area contributed by atoms with Gasteiger partial charge in [-0.1, -0.05) is 51.8 Å². The van der Waals surface area contributed by atoms with Gasteiger partial charge in [0.2, 0.25) is 5.91 Å². The highest BCUT2D eigenvalue weighted by molar-refractivity contribution is 5.85. The number of esters is 1. The van der Waals surface area contributed by atoms with E-state index < -0.39 is 66.1 Å². The number of aliphatic hydroxyl groups is 3. The van der Waals surface area contributed by atoms with Gasteiger partial charge in [0.15, 0.2) is 5.79 Å². The van der Waals surface area contributed by atoms with Gasteiger partial charge in [0.25, 0.3) is 0 Å². The van der Waals surface area contributed by atoms with Gasteiger partial charge in [-0.15, -0.1) is 0 Å². The number of cyclic esters (lactones) is 1. The van der Waals surface area contributed by atoms with Crippen LogP contribution in [-0.4, -0.2) is 120 Å². The lowest BCUT2D eigenvalue weighted by Gasteiger charge is -2.48. The summed E-state index contributed by atoms with van der Waals surface area (Å²) in [6.45, 7) is 12.0. The highest BCUT2D eigenvalue weighted by atomic mass is 16.7. The number of hydrogen-bond donors (Lipinski definition) is 3. The molecule has 12 nitrogen and oxygen atoms in total. The van der Waals surface area contributed by atoms with Gasteiger partial charge in [0, 0.05) is 52.0 Å². The summed E-state index contributed by atoms with van der Waals surface area (Å²) in [5, 5.41) is 34.3. The minimum absolute atomic E-state index is 0.0489. The molecule has 0 radical (unpaired) electrons. The van der Waals surface area contributed by atoms with Crippen molar-refractivity contribution in [2.75, 3.05) is 27.9 Å². The number of piperidine rings is 1. The first-order valence-corrected chi connectivity index (χ1v) is 21.3. The number of amides is 1. The molecule has 2 bridgehead atoms. The summed E-state index contributed by atoms with van der Waals surface area (Å²) < 4.78 is 30.3. The predicted octanol–water partition coefficient (Wildman–Crippen LogP) is 5.68. The van der Waals surface area contributed by atoms with Crippen molar-refractivity contribution in [3.05, 3.63) is 23.3 Å². The van der Waals surface area contributed by atoms with Gasteiger partial charge < -0.3 is 43.9 Å². The number of Topliss-reactive ketones (excluding diaryl/α,β-unsaturated/α-hetero) is 1. The molecule has 0 aromatic rings. The summed E-state index contributed by atoms with van der Waals surface area (Å²) in [6, 6.07) is -0.894. The Morgan fingerprint density at radius 3 is 2.27 bits per heavy atom. The number of methoxy groups -OCH3 is 3. The van der Waals surface area contributed by atoms with E-state index in [1.807, 2.05) is 39.8 Å². The van der Waals surface area contributed by atoms with Crippen molar-refractivity contribution in [3.8, 4) is 0 Å². The minimum atomic E-state index is -1.82. The predicted molar refractivity (Wildman–Crippen MR) is 212 cm³/mol. The van der Waals surface area contributed by atoms with Crippen molar-refractivity contribution < 1.29 is 53.4 Å². The molecule has 3 N–H and O–H groups in total. The molecular weight excluding hydrogens is 718 g/mol. The molecule has 3 heterocycles. The number of ether oxygens (including phenoxy) is 5. The van der Waals surface area contributed by atoms with Gasteiger partial charge >= 0.3 is 5.97 Å². The number of ketones is 1. The van der Waals surface area contributed by atoms with Crippen molar-refractivity contribution in [1.29, 1.82) is 0 Å². The number of allylic oxidation sites excluding steroid dienone is 3. The van der Waals surface area contributed by atoms with E-state index in [2.05, 4.69) is 6.92 Å². The molecule has 1 saturated carbocycles. The Morgan fingerprint density at radius 1 is 0.929 bits per heavy atom. The Bertz CT molecular complexity index is 1370. The van der Waals surface area contributed by atoms with Crippen LogP contribution in [-0.2, 0) is 38.1 Å². The van der Waals surface area contributed by atoms with Crippen LogP contribution in [0.15, 0.2) is 23.3 Å². The van der Waals surface area contributed by atoms with E-state index in [0.717, 1.165) is 24.0 Å². The third-order valence-corrected chi connectivity index (χ3v) is 13.1. The van der Waals surface area contributed by atoms with Crippen LogP contribution in [0, 0.1) is 29.6 Å². The second-order valence-corrected chi connectivity index (χ2v) is 17.6. The van der Waals surface area contributed by atoms with E-state index >= 15 is 0 Å². The van der Waals surface area contributed by atoms with E-state index in [-0.39, 0.29) is 48.6 Å². The quantitative estimate of drug-likeness (QED) is 0.215. The van der Waals surface area contributed by atoms with Gasteiger partial charge in [-0.3, -0.25) is 9.59 Å². The van der Waals surface area contributed by atoms with Gasteiger partial charge in [-0.05, 0) is 95.5 Å². The second kappa shape index (κ2) is 21.2. The summed E-state index contributed by atoms with van der Waals surface area (Å²) in [7, 11) is 4.82. The average Bonchev–Trinajstić information content (AvgIpc) is 3.16. The Morgan fingerprint density at radius 2 is 1.61 bits per heavy atom. The molecule has 0 aromatic carbocycles. The number of rotatable bonds is 7. The molecule has 1 aliphatic carbocycles. The number of carbonyl (C=O) groups excluding carboxylic acids is 3. The minimum Gasteiger partial charge on any atom is -0.456 e. The van der Waals surface area contributed by atoms with Crippen molar-refractivity contribution in [1.82, 2.24) is 4.90 Å². The summed E-state index contributed by atoms with van der Waals surface area (Å²) in [5.41, 5.74) is 1.80. The lowest BCUT2D eigenvalue weighted by molar-refractivity contribution is -0.321. The molecule has 4 rings (SSSR count). The first-order chi connectivity index (χ1) is 26.5. The third kappa shape index (κ3) is 11.7. The fourth-order valence-electron chi connectivity index (χ4n) is 9.68. The maximum absolute atomic E-state index is 14.3. The first kappa shape index (κ1) is 46.5. The molecule has 2 saturated heterocycles. The van der Waals surface area contributed by atoms with Crippen LogP contribution in [0.5, 0.6) is 0 Å². The smallest absolute Gasteiger partial charge is 0.329 e. The van der Waals surface area contributed by atoms with E-state index in [9.17, 15) is 29.7 Å². The van der Waals surface area contributed by atoms with Crippen LogP contribution in [0.25, 0.3) is 0 Å². The zero-order valence-corrected chi connectivity index (χ0v) is 35.6. The molecule has 3 fully saturated rings. The fourth-order valence-corrected chi connectivity index (χ4v) is 9.68. The summed E-state index contributed by atoms with van der Waals surface area (Å²) in [4.78, 5) is 44.0. The standard InChI is InChI=1S/C44H73NO11/c1-10-13-32-19-26(2)18-27(3)20-38(53-8)42-39(54-9)22-29(5)44(51,56-42)25-40(49)45-17-12-11-14-33(45)43(50)55-41(30(6)35(47)24-36(32)48)28(4)21-31-15-16-34(46)37(23-31)52-7/h19,21,27,29-35,37-39,41-42,46-47,51H,10-18,20,22-25H2,1-9H3/b26-19+,28-21+/t27-,29+,30+,31-,32+,33?,34?,35-,37+,38-,39-,41+,42+,44-/m0/s1. The highest BCUT2D eigenvalue weighted by Crippen LogP contribution is 2.40. The van der Waals surface area contributed by atoms with Crippen LogP contribution in [0.4, 0.5) is 0 Å². The number of nitrogens with zero attached hydrogens (tertiary/aromatic N) is 1. The lowest BCUT2D eigenvalue weighted by atomic mass is 9.81. The molecule has 0 spiro atoms. The molecule has 3 aliphatic heterocycles. The molecule has 14 atom stereocenters. The maximum Gasteiger partial charge on any atom is 0.329 e. The zero-order chi connectivity index (χ0) is 41.3. The van der Waals surface area contributed by atoms with Gasteiger partial charge in [-0.25, -0.2) is 4.79 Å². The van der Waals surface area contributed by atoms with E-state index in [1.165, 1.54) is 4.90 Å². The normalized spacial score (nSPS) is 41.5. The van der Waals surface area contributed by atoms with Crippen LogP contribution < -0.4 is 0 Å². The average molecular weight is 792 g/mol. The Balaban J connectivity index is 1.74.